The number of nitrogens with zero attached hydrogens (tertiary/aromatic N) is 2. The van der Waals surface area contributed by atoms with Gasteiger partial charge in [-0.1, -0.05) is 0 Å². The molecular formula is C8H14N4O2. The highest BCUT2D eigenvalue weighted by Crippen LogP contribution is 1.88. The van der Waals surface area contributed by atoms with Gasteiger partial charge in [0.25, 0.3) is 5.91 Å². The topological polar surface area (TPSA) is 79.9 Å². The first-order valence-corrected chi connectivity index (χ1v) is 4.56. The van der Waals surface area contributed by atoms with Crippen LogP contribution in [0.1, 0.15) is 23.8 Å². The molecule has 0 aliphatic rings. The molecule has 0 bridgehead atoms. The second kappa shape index (κ2) is 6.09. The van der Waals surface area contributed by atoms with Gasteiger partial charge in [0.15, 0.2) is 5.69 Å². The van der Waals surface area contributed by atoms with E-state index in [4.69, 9.17) is 4.74 Å². The standard InChI is InChI=1S/C8H14N4O2/c1-2-14-5-3-4-9-8(13)7-6-10-12-11-7/h6H,2-5H2,1H3,(H,9,13)(H,10,11,12). The van der Waals surface area contributed by atoms with Crippen molar-refractivity contribution < 1.29 is 9.53 Å². The number of carbonyl (C=O) groups excluding carboxylic acids is 1. The van der Waals surface area contributed by atoms with Gasteiger partial charge in [-0.25, -0.2) is 0 Å². The summed E-state index contributed by atoms with van der Waals surface area (Å²) in [5, 5.41) is 12.3. The fourth-order valence-electron chi connectivity index (χ4n) is 0.922. The van der Waals surface area contributed by atoms with Crippen molar-refractivity contribution in [1.29, 1.82) is 0 Å². The van der Waals surface area contributed by atoms with Crippen molar-refractivity contribution in [1.82, 2.24) is 20.7 Å². The Balaban J connectivity index is 2.10. The minimum Gasteiger partial charge on any atom is -0.382 e. The average molecular weight is 198 g/mol. The number of hydrogen-bond acceptors (Lipinski definition) is 4. The summed E-state index contributed by atoms with van der Waals surface area (Å²) in [6, 6.07) is 0. The highest BCUT2D eigenvalue weighted by molar-refractivity contribution is 5.91. The maximum atomic E-state index is 11.3. The van der Waals surface area contributed by atoms with Crippen molar-refractivity contribution in [2.45, 2.75) is 13.3 Å². The molecule has 0 aliphatic heterocycles. The second-order valence-electron chi connectivity index (χ2n) is 2.66. The summed E-state index contributed by atoms with van der Waals surface area (Å²) in [6.07, 6.45) is 2.19. The molecule has 0 unspecified atom stereocenters. The molecule has 0 spiro atoms. The first kappa shape index (κ1) is 10.6. The van der Waals surface area contributed by atoms with E-state index in [1.54, 1.807) is 0 Å². The van der Waals surface area contributed by atoms with E-state index >= 15 is 0 Å². The Bertz CT molecular complexity index is 260. The van der Waals surface area contributed by atoms with E-state index in [2.05, 4.69) is 20.7 Å². The van der Waals surface area contributed by atoms with Gasteiger partial charge in [0.05, 0.1) is 6.20 Å². The normalized spacial score (nSPS) is 10.1. The summed E-state index contributed by atoms with van der Waals surface area (Å²) < 4.78 is 5.12. The molecule has 0 saturated carbocycles. The highest BCUT2D eigenvalue weighted by atomic mass is 16.5. The molecular weight excluding hydrogens is 184 g/mol. The molecule has 1 aromatic heterocycles. The summed E-state index contributed by atoms with van der Waals surface area (Å²) in [4.78, 5) is 11.3. The van der Waals surface area contributed by atoms with Crippen LogP contribution in [-0.4, -0.2) is 41.1 Å². The lowest BCUT2D eigenvalue weighted by Gasteiger charge is -2.02. The molecule has 0 radical (unpaired) electrons. The third-order valence-corrected chi connectivity index (χ3v) is 1.60. The first-order chi connectivity index (χ1) is 6.84. The van der Waals surface area contributed by atoms with E-state index in [0.29, 0.717) is 25.5 Å². The molecule has 78 valence electrons. The number of nitrogens with one attached hydrogen (secondary N) is 2. The third kappa shape index (κ3) is 3.53. The monoisotopic (exact) mass is 198 g/mol. The zero-order chi connectivity index (χ0) is 10.2. The van der Waals surface area contributed by atoms with Gasteiger partial charge in [-0.2, -0.15) is 15.4 Å². The molecule has 6 heteroatoms. The lowest BCUT2D eigenvalue weighted by molar-refractivity contribution is 0.0939. The maximum Gasteiger partial charge on any atom is 0.273 e. The largest absolute Gasteiger partial charge is 0.382 e. The van der Waals surface area contributed by atoms with Crippen LogP contribution in [0.25, 0.3) is 0 Å². The molecule has 1 rings (SSSR count). The molecule has 1 heterocycles. The molecule has 0 aromatic carbocycles. The zero-order valence-corrected chi connectivity index (χ0v) is 8.12. The van der Waals surface area contributed by atoms with Crippen LogP contribution in [0.5, 0.6) is 0 Å². The first-order valence-electron chi connectivity index (χ1n) is 4.56. The Morgan fingerprint density at radius 2 is 2.57 bits per heavy atom. The van der Waals surface area contributed by atoms with E-state index in [1.165, 1.54) is 6.20 Å². The number of rotatable bonds is 6. The van der Waals surface area contributed by atoms with Crippen molar-refractivity contribution in [2.75, 3.05) is 19.8 Å². The lowest BCUT2D eigenvalue weighted by atomic mass is 10.4. The van der Waals surface area contributed by atoms with Crippen LogP contribution in [0.2, 0.25) is 0 Å². The molecule has 14 heavy (non-hydrogen) atoms. The van der Waals surface area contributed by atoms with Crippen molar-refractivity contribution in [3.05, 3.63) is 11.9 Å². The summed E-state index contributed by atoms with van der Waals surface area (Å²) in [7, 11) is 0. The molecule has 1 aromatic rings. The Labute approximate surface area is 82.0 Å². The number of hydrogen-bond donors (Lipinski definition) is 2. The van der Waals surface area contributed by atoms with Crippen LogP contribution >= 0.6 is 0 Å². The molecule has 0 saturated heterocycles. The number of amides is 1. The van der Waals surface area contributed by atoms with Gasteiger partial charge in [0.1, 0.15) is 0 Å². The second-order valence-corrected chi connectivity index (χ2v) is 2.66. The fraction of sp³-hybridized carbons (Fsp3) is 0.625. The zero-order valence-electron chi connectivity index (χ0n) is 8.12. The summed E-state index contributed by atoms with van der Waals surface area (Å²) in [5.41, 5.74) is 0.307. The minimum absolute atomic E-state index is 0.213. The maximum absolute atomic E-state index is 11.3. The van der Waals surface area contributed by atoms with Crippen molar-refractivity contribution in [3.63, 3.8) is 0 Å². The Hall–Kier alpha value is -1.43. The van der Waals surface area contributed by atoms with Crippen molar-refractivity contribution >= 4 is 5.91 Å². The number of aromatic nitrogens is 3. The number of carbonyl (C=O) groups is 1. The van der Waals surface area contributed by atoms with Crippen LogP contribution in [-0.2, 0) is 4.74 Å². The highest BCUT2D eigenvalue weighted by Gasteiger charge is 2.06. The Kier molecular flexibility index (Phi) is 4.63. The van der Waals surface area contributed by atoms with Gasteiger partial charge in [-0.3, -0.25) is 4.79 Å². The summed E-state index contributed by atoms with van der Waals surface area (Å²) >= 11 is 0. The molecule has 0 atom stereocenters. The van der Waals surface area contributed by atoms with Crippen molar-refractivity contribution in [2.24, 2.45) is 0 Å². The van der Waals surface area contributed by atoms with E-state index < -0.39 is 0 Å². The van der Waals surface area contributed by atoms with Crippen LogP contribution < -0.4 is 5.32 Å². The van der Waals surface area contributed by atoms with Gasteiger partial charge >= 0.3 is 0 Å². The molecule has 0 fully saturated rings. The Morgan fingerprint density at radius 1 is 1.71 bits per heavy atom. The third-order valence-electron chi connectivity index (χ3n) is 1.60. The van der Waals surface area contributed by atoms with Gasteiger partial charge in [0.2, 0.25) is 0 Å². The van der Waals surface area contributed by atoms with E-state index in [1.807, 2.05) is 6.92 Å². The molecule has 2 N–H and O–H groups in total. The lowest BCUT2D eigenvalue weighted by Crippen LogP contribution is -2.25. The van der Waals surface area contributed by atoms with Gasteiger partial charge in [-0.15, -0.1) is 0 Å². The predicted octanol–water partition coefficient (Wildman–Crippen LogP) is -0.0389. The number of H-pyrrole nitrogens is 1. The van der Waals surface area contributed by atoms with Crippen molar-refractivity contribution in [3.8, 4) is 0 Å². The van der Waals surface area contributed by atoms with Crippen LogP contribution in [0, 0.1) is 0 Å². The molecule has 0 aliphatic carbocycles. The Morgan fingerprint density at radius 3 is 3.21 bits per heavy atom. The summed E-state index contributed by atoms with van der Waals surface area (Å²) in [5.74, 6) is -0.213. The predicted molar refractivity (Wildman–Crippen MR) is 49.8 cm³/mol. The molecule has 1 amide bonds. The smallest absolute Gasteiger partial charge is 0.273 e. The van der Waals surface area contributed by atoms with E-state index in [-0.39, 0.29) is 5.91 Å². The number of aromatic amines is 1. The SMILES string of the molecule is CCOCCCNC(=O)c1cn[nH]n1. The van der Waals surface area contributed by atoms with Crippen LogP contribution in [0.4, 0.5) is 0 Å². The average Bonchev–Trinajstić information content (AvgIpc) is 2.70. The van der Waals surface area contributed by atoms with E-state index in [0.717, 1.165) is 6.42 Å². The quantitative estimate of drug-likeness (QED) is 0.628. The van der Waals surface area contributed by atoms with Crippen LogP contribution in [0.3, 0.4) is 0 Å². The minimum atomic E-state index is -0.213. The molecule has 6 nitrogen and oxygen atoms in total. The van der Waals surface area contributed by atoms with Gasteiger partial charge in [0, 0.05) is 19.8 Å². The number of ether oxygens (including phenoxy) is 1. The summed E-state index contributed by atoms with van der Waals surface area (Å²) in [6.45, 7) is 3.90. The van der Waals surface area contributed by atoms with E-state index in [9.17, 15) is 4.79 Å². The van der Waals surface area contributed by atoms with Crippen LogP contribution in [0.15, 0.2) is 6.20 Å². The fourth-order valence-corrected chi connectivity index (χ4v) is 0.922. The van der Waals surface area contributed by atoms with Gasteiger partial charge in [-0.05, 0) is 13.3 Å². The van der Waals surface area contributed by atoms with Gasteiger partial charge < -0.3 is 10.1 Å².